The molecule has 0 fully saturated rings. The van der Waals surface area contributed by atoms with Crippen molar-refractivity contribution in [2.75, 3.05) is 0 Å². The maximum absolute atomic E-state index is 10.5. The zero-order valence-corrected chi connectivity index (χ0v) is 7.08. The Morgan fingerprint density at radius 2 is 2.07 bits per heavy atom. The number of carboxylic acids is 1. The number of carboxylic acid groups (broad SMARTS) is 1. The van der Waals surface area contributed by atoms with Crippen LogP contribution in [-0.2, 0) is 4.79 Å². The average molecular weight is 193 g/mol. The van der Waals surface area contributed by atoms with E-state index in [-0.39, 0.29) is 11.3 Å². The maximum Gasteiger partial charge on any atom is 0.328 e. The van der Waals surface area contributed by atoms with Crippen LogP contribution in [0.15, 0.2) is 30.3 Å². The van der Waals surface area contributed by atoms with Gasteiger partial charge in [-0.25, -0.2) is 4.79 Å². The summed E-state index contributed by atoms with van der Waals surface area (Å²) in [4.78, 5) is 20.1. The molecule has 0 aromatic heterocycles. The molecule has 0 heterocycles. The summed E-state index contributed by atoms with van der Waals surface area (Å²) in [7, 11) is 0. The largest absolute Gasteiger partial charge is 0.478 e. The van der Waals surface area contributed by atoms with Gasteiger partial charge in [-0.2, -0.15) is 0 Å². The number of benzene rings is 1. The van der Waals surface area contributed by atoms with E-state index in [2.05, 4.69) is 0 Å². The molecule has 1 aromatic carbocycles. The topological polar surface area (TPSA) is 80.4 Å². The molecule has 0 bridgehead atoms. The molecule has 1 aromatic rings. The van der Waals surface area contributed by atoms with Crippen LogP contribution in [0.25, 0.3) is 6.08 Å². The van der Waals surface area contributed by atoms with Gasteiger partial charge in [-0.15, -0.1) is 0 Å². The van der Waals surface area contributed by atoms with E-state index in [9.17, 15) is 14.9 Å². The highest BCUT2D eigenvalue weighted by Gasteiger charge is 2.09. The van der Waals surface area contributed by atoms with Gasteiger partial charge in [0.15, 0.2) is 0 Å². The monoisotopic (exact) mass is 193 g/mol. The minimum absolute atomic E-state index is 0.106. The fourth-order valence-corrected chi connectivity index (χ4v) is 0.956. The number of para-hydroxylation sites is 1. The SMILES string of the molecule is O=C(O)/C=C/c1ccccc1[N+](=O)[O-]. The Bertz CT molecular complexity index is 398. The van der Waals surface area contributed by atoms with Gasteiger partial charge in [-0.1, -0.05) is 12.1 Å². The van der Waals surface area contributed by atoms with Gasteiger partial charge in [0.1, 0.15) is 0 Å². The summed E-state index contributed by atoms with van der Waals surface area (Å²) in [5.41, 5.74) is 0.171. The first-order valence-corrected chi connectivity index (χ1v) is 3.75. The second kappa shape index (κ2) is 4.18. The molecule has 5 nitrogen and oxygen atoms in total. The Morgan fingerprint density at radius 1 is 1.43 bits per heavy atom. The van der Waals surface area contributed by atoms with Crippen molar-refractivity contribution in [2.24, 2.45) is 0 Å². The minimum Gasteiger partial charge on any atom is -0.478 e. The summed E-state index contributed by atoms with van der Waals surface area (Å²) >= 11 is 0. The van der Waals surface area contributed by atoms with E-state index in [0.717, 1.165) is 6.08 Å². The van der Waals surface area contributed by atoms with Gasteiger partial charge in [0, 0.05) is 12.1 Å². The molecule has 72 valence electrons. The molecule has 0 amide bonds. The van der Waals surface area contributed by atoms with E-state index in [1.54, 1.807) is 6.07 Å². The van der Waals surface area contributed by atoms with E-state index in [0.29, 0.717) is 0 Å². The predicted octanol–water partition coefficient (Wildman–Crippen LogP) is 1.69. The number of nitro benzene ring substituents is 1. The van der Waals surface area contributed by atoms with Crippen molar-refractivity contribution in [3.63, 3.8) is 0 Å². The summed E-state index contributed by atoms with van der Waals surface area (Å²) in [5.74, 6) is -1.14. The summed E-state index contributed by atoms with van der Waals surface area (Å²) in [5, 5.41) is 18.8. The number of hydrogen-bond acceptors (Lipinski definition) is 3. The number of aliphatic carboxylic acids is 1. The molecular formula is C9H7NO4. The van der Waals surface area contributed by atoms with E-state index in [1.165, 1.54) is 24.3 Å². The van der Waals surface area contributed by atoms with Crippen molar-refractivity contribution in [1.29, 1.82) is 0 Å². The maximum atomic E-state index is 10.5. The van der Waals surface area contributed by atoms with Gasteiger partial charge in [0.25, 0.3) is 5.69 Å². The van der Waals surface area contributed by atoms with Crippen molar-refractivity contribution < 1.29 is 14.8 Å². The van der Waals surface area contributed by atoms with Crippen LogP contribution in [0.5, 0.6) is 0 Å². The molecule has 0 aliphatic rings. The summed E-state index contributed by atoms with van der Waals surface area (Å²) in [6.07, 6.45) is 2.06. The summed E-state index contributed by atoms with van der Waals surface area (Å²) in [6, 6.07) is 5.93. The third-order valence-corrected chi connectivity index (χ3v) is 1.54. The van der Waals surface area contributed by atoms with Gasteiger partial charge in [0.05, 0.1) is 10.5 Å². The predicted molar refractivity (Wildman–Crippen MR) is 49.8 cm³/mol. The van der Waals surface area contributed by atoms with Gasteiger partial charge in [-0.3, -0.25) is 10.1 Å². The molecular weight excluding hydrogens is 186 g/mol. The van der Waals surface area contributed by atoms with Crippen molar-refractivity contribution in [2.45, 2.75) is 0 Å². The first kappa shape index (κ1) is 9.91. The number of rotatable bonds is 3. The van der Waals surface area contributed by atoms with E-state index in [4.69, 9.17) is 5.11 Å². The molecule has 0 unspecified atom stereocenters. The van der Waals surface area contributed by atoms with Crippen LogP contribution < -0.4 is 0 Å². The van der Waals surface area contributed by atoms with Crippen LogP contribution in [0.2, 0.25) is 0 Å². The molecule has 0 aliphatic heterocycles. The third-order valence-electron chi connectivity index (χ3n) is 1.54. The molecule has 0 spiro atoms. The zero-order chi connectivity index (χ0) is 10.6. The van der Waals surface area contributed by atoms with Crippen molar-refractivity contribution in [3.05, 3.63) is 46.0 Å². The Morgan fingerprint density at radius 3 is 2.64 bits per heavy atom. The molecule has 0 radical (unpaired) electrons. The van der Waals surface area contributed by atoms with Gasteiger partial charge in [0.2, 0.25) is 0 Å². The zero-order valence-electron chi connectivity index (χ0n) is 7.08. The molecule has 1 rings (SSSR count). The van der Waals surface area contributed by atoms with Crippen LogP contribution in [-0.4, -0.2) is 16.0 Å². The van der Waals surface area contributed by atoms with Gasteiger partial charge in [-0.05, 0) is 12.1 Å². The second-order valence-electron chi connectivity index (χ2n) is 2.49. The van der Waals surface area contributed by atoms with Gasteiger partial charge < -0.3 is 5.11 Å². The first-order valence-electron chi connectivity index (χ1n) is 3.75. The molecule has 0 saturated carbocycles. The molecule has 5 heteroatoms. The average Bonchev–Trinajstić information content (AvgIpc) is 2.15. The fraction of sp³-hybridized carbons (Fsp3) is 0. The lowest BCUT2D eigenvalue weighted by Gasteiger charge is -1.94. The summed E-state index contributed by atoms with van der Waals surface area (Å²) in [6.45, 7) is 0. The second-order valence-corrected chi connectivity index (χ2v) is 2.49. The van der Waals surface area contributed by atoms with Crippen LogP contribution in [0, 0.1) is 10.1 Å². The smallest absolute Gasteiger partial charge is 0.328 e. The lowest BCUT2D eigenvalue weighted by atomic mass is 10.1. The summed E-state index contributed by atoms with van der Waals surface area (Å²) < 4.78 is 0. The number of nitrogens with zero attached hydrogens (tertiary/aromatic N) is 1. The third kappa shape index (κ3) is 2.41. The first-order chi connectivity index (χ1) is 6.61. The van der Waals surface area contributed by atoms with Crippen LogP contribution >= 0.6 is 0 Å². The quantitative estimate of drug-likeness (QED) is 0.450. The molecule has 1 N–H and O–H groups in total. The Balaban J connectivity index is 3.07. The number of carbonyl (C=O) groups is 1. The molecule has 14 heavy (non-hydrogen) atoms. The highest BCUT2D eigenvalue weighted by Crippen LogP contribution is 2.18. The highest BCUT2D eigenvalue weighted by molar-refractivity contribution is 5.86. The fourth-order valence-electron chi connectivity index (χ4n) is 0.956. The van der Waals surface area contributed by atoms with E-state index >= 15 is 0 Å². The van der Waals surface area contributed by atoms with Crippen molar-refractivity contribution >= 4 is 17.7 Å². The molecule has 0 saturated heterocycles. The number of hydrogen-bond donors (Lipinski definition) is 1. The Kier molecular flexibility index (Phi) is 2.96. The lowest BCUT2D eigenvalue weighted by molar-refractivity contribution is -0.385. The van der Waals surface area contributed by atoms with Crippen LogP contribution in [0.4, 0.5) is 5.69 Å². The minimum atomic E-state index is -1.14. The molecule has 0 atom stereocenters. The molecule has 0 aliphatic carbocycles. The Hall–Kier alpha value is -2.17. The highest BCUT2D eigenvalue weighted by atomic mass is 16.6. The van der Waals surface area contributed by atoms with E-state index in [1.807, 2.05) is 0 Å². The Labute approximate surface area is 79.4 Å². The standard InChI is InChI=1S/C9H7NO4/c11-9(12)6-5-7-3-1-2-4-8(7)10(13)14/h1-6H,(H,11,12)/b6-5+. The lowest BCUT2D eigenvalue weighted by Crippen LogP contribution is -1.91. The van der Waals surface area contributed by atoms with Crippen LogP contribution in [0.3, 0.4) is 0 Å². The van der Waals surface area contributed by atoms with Gasteiger partial charge >= 0.3 is 5.97 Å². The number of nitro groups is 1. The van der Waals surface area contributed by atoms with E-state index < -0.39 is 10.9 Å². The normalized spacial score (nSPS) is 10.3. The van der Waals surface area contributed by atoms with Crippen molar-refractivity contribution in [1.82, 2.24) is 0 Å². The van der Waals surface area contributed by atoms with Crippen LogP contribution in [0.1, 0.15) is 5.56 Å². The van der Waals surface area contributed by atoms with Crippen molar-refractivity contribution in [3.8, 4) is 0 Å².